The van der Waals surface area contributed by atoms with Crippen molar-refractivity contribution in [2.24, 2.45) is 15.9 Å². The van der Waals surface area contributed by atoms with E-state index in [1.54, 1.807) is 19.3 Å². The molecule has 2 rings (SSSR count). The number of aliphatic imine (C=N–C) groups is 2. The van der Waals surface area contributed by atoms with E-state index < -0.39 is 40.2 Å². The highest BCUT2D eigenvalue weighted by Crippen LogP contribution is 2.25. The largest absolute Gasteiger partial charge is 0.381 e. The Morgan fingerprint density at radius 1 is 1.20 bits per heavy atom. The van der Waals surface area contributed by atoms with Gasteiger partial charge in [-0.1, -0.05) is 11.6 Å². The van der Waals surface area contributed by atoms with Crippen molar-refractivity contribution in [1.82, 2.24) is 9.88 Å². The lowest BCUT2D eigenvalue weighted by Crippen LogP contribution is -2.24. The third kappa shape index (κ3) is 11.4. The Bertz CT molecular complexity index is 1540. The maximum atomic E-state index is 14.8. The molecule has 7 nitrogen and oxygen atoms in total. The van der Waals surface area contributed by atoms with E-state index in [9.17, 15) is 22.2 Å². The van der Waals surface area contributed by atoms with Crippen LogP contribution in [0.15, 0.2) is 105 Å². The minimum Gasteiger partial charge on any atom is -0.381 e. The molecular formula is C33H38F3N5O2S. The first kappa shape index (κ1) is 35.8. The molecule has 0 fully saturated rings. The quantitative estimate of drug-likeness (QED) is 0.103. The minimum absolute atomic E-state index is 0.207. The van der Waals surface area contributed by atoms with Crippen LogP contribution in [0, 0.1) is 24.5 Å². The Labute approximate surface area is 259 Å². The van der Waals surface area contributed by atoms with Gasteiger partial charge in [0.05, 0.1) is 34.1 Å². The molecule has 0 saturated heterocycles. The summed E-state index contributed by atoms with van der Waals surface area (Å²) in [5.74, 6) is -2.14. The molecular weight excluding hydrogens is 587 g/mol. The number of aryl methyl sites for hydroxylation is 1. The first-order chi connectivity index (χ1) is 20.9. The molecule has 1 heterocycles. The van der Waals surface area contributed by atoms with Crippen molar-refractivity contribution in [3.63, 3.8) is 0 Å². The van der Waals surface area contributed by atoms with Crippen LogP contribution in [0.1, 0.15) is 25.1 Å². The zero-order chi connectivity index (χ0) is 32.8. The molecule has 11 heteroatoms. The predicted octanol–water partition coefficient (Wildman–Crippen LogP) is 6.68. The highest BCUT2D eigenvalue weighted by Gasteiger charge is 2.17. The van der Waals surface area contributed by atoms with Gasteiger partial charge in [-0.3, -0.25) is 24.0 Å². The number of pyridine rings is 1. The van der Waals surface area contributed by atoms with Crippen molar-refractivity contribution in [1.29, 1.82) is 0 Å². The van der Waals surface area contributed by atoms with Crippen molar-refractivity contribution in [3.05, 3.63) is 113 Å². The third-order valence-corrected chi connectivity index (χ3v) is 7.33. The second kappa shape index (κ2) is 17.7. The molecule has 0 bridgehead atoms. The zero-order valence-electron chi connectivity index (χ0n) is 25.7. The maximum Gasteiger partial charge on any atom is 0.142 e. The SMILES string of the molecule is C=N/C=C(C=NCc1cc(F)cnc1C)/C(=C/C(C)=CC(/C=C(F)\C=C\C=O)[C@@H](C)Nc1ccc(F)cc1S(C)=O)N(C)C. The Kier molecular flexibility index (Phi) is 14.4. The standard InChI is InChI=1S/C33H38F3N5O2S/c1-22(14-32(41(5)6)27(18-37-4)20-38-19-26-16-30(36)21-39-23(26)2)13-25(15-28(34)9-8-12-42)24(3)40-31-11-10-29(35)17-33(31)44(7)43/h8-18,20-21,24-25,40H,4,19H2,1-3,5-7H3/b9-8+,22-13?,27-18+,28-15+,32-14-,38-20?/t24-,25?,44?/m1/s1. The molecule has 0 aliphatic carbocycles. The van der Waals surface area contributed by atoms with Crippen LogP contribution < -0.4 is 5.32 Å². The van der Waals surface area contributed by atoms with Gasteiger partial charge in [0, 0.05) is 61.7 Å². The van der Waals surface area contributed by atoms with E-state index in [-0.39, 0.29) is 11.4 Å². The zero-order valence-corrected chi connectivity index (χ0v) is 26.5. The Balaban J connectivity index is 2.50. The average Bonchev–Trinajstić information content (AvgIpc) is 2.96. The fourth-order valence-electron chi connectivity index (χ4n) is 4.16. The summed E-state index contributed by atoms with van der Waals surface area (Å²) in [5, 5.41) is 3.23. The van der Waals surface area contributed by atoms with Crippen LogP contribution in [-0.4, -0.2) is 59.7 Å². The number of hydrogen-bond acceptors (Lipinski definition) is 7. The van der Waals surface area contributed by atoms with Gasteiger partial charge in [0.2, 0.25) is 0 Å². The van der Waals surface area contributed by atoms with Crippen molar-refractivity contribution >= 4 is 35.7 Å². The topological polar surface area (TPSA) is 87.0 Å². The van der Waals surface area contributed by atoms with Gasteiger partial charge in [-0.2, -0.15) is 0 Å². The van der Waals surface area contributed by atoms with Gasteiger partial charge < -0.3 is 10.2 Å². The molecule has 0 aliphatic heterocycles. The summed E-state index contributed by atoms with van der Waals surface area (Å²) in [6.45, 7) is 9.21. The smallest absolute Gasteiger partial charge is 0.142 e. The van der Waals surface area contributed by atoms with Crippen molar-refractivity contribution in [2.75, 3.05) is 25.7 Å². The Morgan fingerprint density at radius 3 is 2.57 bits per heavy atom. The molecule has 2 aromatic rings. The van der Waals surface area contributed by atoms with Gasteiger partial charge in [0.25, 0.3) is 0 Å². The van der Waals surface area contributed by atoms with E-state index in [0.717, 1.165) is 29.6 Å². The van der Waals surface area contributed by atoms with E-state index in [2.05, 4.69) is 27.0 Å². The maximum absolute atomic E-state index is 14.8. The van der Waals surface area contributed by atoms with E-state index in [1.807, 2.05) is 45.0 Å². The number of benzene rings is 1. The number of allylic oxidation sites excluding steroid dienone is 6. The highest BCUT2D eigenvalue weighted by atomic mass is 32.2. The number of carbonyl (C=O) groups excluding carboxylic acids is 1. The van der Waals surface area contributed by atoms with Gasteiger partial charge in [-0.25, -0.2) is 13.2 Å². The average molecular weight is 626 g/mol. The molecule has 0 saturated carbocycles. The van der Waals surface area contributed by atoms with Crippen molar-refractivity contribution in [3.8, 4) is 0 Å². The number of carbonyl (C=O) groups is 1. The summed E-state index contributed by atoms with van der Waals surface area (Å²) in [5.41, 5.74) is 3.88. The van der Waals surface area contributed by atoms with Crippen LogP contribution in [0.5, 0.6) is 0 Å². The van der Waals surface area contributed by atoms with Crippen LogP contribution in [0.2, 0.25) is 0 Å². The lowest BCUT2D eigenvalue weighted by Gasteiger charge is -2.23. The molecule has 1 N–H and O–H groups in total. The number of hydrogen-bond donors (Lipinski definition) is 1. The second-order valence-electron chi connectivity index (χ2n) is 10.1. The molecule has 3 atom stereocenters. The summed E-state index contributed by atoms with van der Waals surface area (Å²) in [4.78, 5) is 25.3. The van der Waals surface area contributed by atoms with Crippen molar-refractivity contribution in [2.45, 2.75) is 38.3 Å². The first-order valence-corrected chi connectivity index (χ1v) is 15.1. The summed E-state index contributed by atoms with van der Waals surface area (Å²) < 4.78 is 54.5. The molecule has 0 amide bonds. The summed E-state index contributed by atoms with van der Waals surface area (Å²) in [6.07, 6.45) is 13.4. The fourth-order valence-corrected chi connectivity index (χ4v) is 4.87. The van der Waals surface area contributed by atoms with Gasteiger partial charge in [-0.15, -0.1) is 0 Å². The van der Waals surface area contributed by atoms with Gasteiger partial charge in [0.1, 0.15) is 23.7 Å². The Hall–Kier alpha value is -4.38. The highest BCUT2D eigenvalue weighted by molar-refractivity contribution is 7.84. The number of aldehydes is 1. The monoisotopic (exact) mass is 625 g/mol. The van der Waals surface area contributed by atoms with Gasteiger partial charge >= 0.3 is 0 Å². The molecule has 234 valence electrons. The number of nitrogens with zero attached hydrogens (tertiary/aromatic N) is 4. The lowest BCUT2D eigenvalue weighted by molar-refractivity contribution is -0.104. The van der Waals surface area contributed by atoms with Crippen LogP contribution in [-0.2, 0) is 22.1 Å². The normalized spacial score (nSPS) is 15.4. The number of nitrogens with one attached hydrogen (secondary N) is 1. The van der Waals surface area contributed by atoms with Crippen LogP contribution in [0.3, 0.4) is 0 Å². The van der Waals surface area contributed by atoms with E-state index in [1.165, 1.54) is 36.6 Å². The van der Waals surface area contributed by atoms with Crippen LogP contribution in [0.25, 0.3) is 0 Å². The van der Waals surface area contributed by atoms with E-state index in [4.69, 9.17) is 0 Å². The van der Waals surface area contributed by atoms with Gasteiger partial charge in [-0.05, 0) is 81.6 Å². The van der Waals surface area contributed by atoms with Gasteiger partial charge in [0.15, 0.2) is 0 Å². The number of rotatable bonds is 15. The van der Waals surface area contributed by atoms with E-state index >= 15 is 0 Å². The summed E-state index contributed by atoms with van der Waals surface area (Å²) >= 11 is 0. The van der Waals surface area contributed by atoms with Crippen molar-refractivity contribution < 1.29 is 22.2 Å². The Morgan fingerprint density at radius 2 is 1.93 bits per heavy atom. The number of aromatic nitrogens is 1. The summed E-state index contributed by atoms with van der Waals surface area (Å²) in [6, 6.07) is 4.90. The number of anilines is 1. The predicted molar refractivity (Wildman–Crippen MR) is 174 cm³/mol. The minimum atomic E-state index is -1.47. The van der Waals surface area contributed by atoms with Crippen LogP contribution >= 0.6 is 0 Å². The molecule has 1 aromatic heterocycles. The molecule has 0 spiro atoms. The third-order valence-electron chi connectivity index (χ3n) is 6.38. The number of likely N-dealkylation sites (N-methyl/N-ethyl adjacent to an activating group) is 1. The lowest BCUT2D eigenvalue weighted by atomic mass is 9.96. The molecule has 44 heavy (non-hydrogen) atoms. The molecule has 1 aromatic carbocycles. The first-order valence-electron chi connectivity index (χ1n) is 13.6. The fraction of sp³-hybridized carbons (Fsp3) is 0.273. The molecule has 2 unspecified atom stereocenters. The molecule has 0 radical (unpaired) electrons. The number of halogens is 3. The van der Waals surface area contributed by atoms with E-state index in [0.29, 0.717) is 28.8 Å². The molecule has 0 aliphatic rings. The summed E-state index contributed by atoms with van der Waals surface area (Å²) in [7, 11) is 2.22. The second-order valence-corrected chi connectivity index (χ2v) is 11.5. The van der Waals surface area contributed by atoms with Crippen LogP contribution in [0.4, 0.5) is 18.9 Å².